The highest BCUT2D eigenvalue weighted by Crippen LogP contribution is 2.34. The summed E-state index contributed by atoms with van der Waals surface area (Å²) in [6.07, 6.45) is 8.04. The lowest BCUT2D eigenvalue weighted by Gasteiger charge is -2.15. The highest BCUT2D eigenvalue weighted by molar-refractivity contribution is 5.38. The molecule has 0 aromatic carbocycles. The molecule has 1 fully saturated rings. The SMILES string of the molecule is CNC(CCCc1cccnc1N)C1CC1. The Morgan fingerprint density at radius 3 is 3.00 bits per heavy atom. The largest absolute Gasteiger partial charge is 0.383 e. The van der Waals surface area contributed by atoms with E-state index in [1.54, 1.807) is 6.20 Å². The molecule has 0 bridgehead atoms. The van der Waals surface area contributed by atoms with Crippen LogP contribution in [0.3, 0.4) is 0 Å². The lowest BCUT2D eigenvalue weighted by Crippen LogP contribution is -2.27. The van der Waals surface area contributed by atoms with Gasteiger partial charge in [0.05, 0.1) is 0 Å². The van der Waals surface area contributed by atoms with Gasteiger partial charge in [-0.05, 0) is 56.7 Å². The fraction of sp³-hybridized carbons (Fsp3) is 0.615. The monoisotopic (exact) mass is 219 g/mol. The van der Waals surface area contributed by atoms with E-state index < -0.39 is 0 Å². The van der Waals surface area contributed by atoms with E-state index in [1.165, 1.54) is 31.2 Å². The molecule has 3 N–H and O–H groups in total. The summed E-state index contributed by atoms with van der Waals surface area (Å²) in [6, 6.07) is 4.74. The highest BCUT2D eigenvalue weighted by atomic mass is 14.9. The summed E-state index contributed by atoms with van der Waals surface area (Å²) in [5.41, 5.74) is 7.00. The van der Waals surface area contributed by atoms with Crippen LogP contribution in [-0.4, -0.2) is 18.1 Å². The van der Waals surface area contributed by atoms with E-state index in [4.69, 9.17) is 5.73 Å². The molecule has 0 spiro atoms. The Morgan fingerprint density at radius 2 is 2.38 bits per heavy atom. The molecular weight excluding hydrogens is 198 g/mol. The number of pyridine rings is 1. The smallest absolute Gasteiger partial charge is 0.126 e. The summed E-state index contributed by atoms with van der Waals surface area (Å²) in [4.78, 5) is 4.11. The molecule has 1 saturated carbocycles. The molecule has 0 aliphatic heterocycles. The third kappa shape index (κ3) is 2.95. The Morgan fingerprint density at radius 1 is 1.56 bits per heavy atom. The summed E-state index contributed by atoms with van der Waals surface area (Å²) in [5.74, 6) is 1.62. The second kappa shape index (κ2) is 5.30. The van der Waals surface area contributed by atoms with Gasteiger partial charge in [0.2, 0.25) is 0 Å². The fourth-order valence-corrected chi connectivity index (χ4v) is 2.29. The molecule has 3 nitrogen and oxygen atoms in total. The molecule has 2 rings (SSSR count). The van der Waals surface area contributed by atoms with Crippen LogP contribution in [0.15, 0.2) is 18.3 Å². The lowest BCUT2D eigenvalue weighted by atomic mass is 10.0. The first-order valence-electron chi connectivity index (χ1n) is 6.18. The van der Waals surface area contributed by atoms with Crippen molar-refractivity contribution < 1.29 is 0 Å². The number of rotatable bonds is 6. The zero-order valence-corrected chi connectivity index (χ0v) is 9.95. The maximum Gasteiger partial charge on any atom is 0.126 e. The average molecular weight is 219 g/mol. The zero-order chi connectivity index (χ0) is 11.4. The van der Waals surface area contributed by atoms with Gasteiger partial charge in [0.15, 0.2) is 0 Å². The minimum Gasteiger partial charge on any atom is -0.383 e. The topological polar surface area (TPSA) is 50.9 Å². The third-order valence-electron chi connectivity index (χ3n) is 3.45. The van der Waals surface area contributed by atoms with Gasteiger partial charge < -0.3 is 11.1 Å². The molecule has 0 amide bonds. The van der Waals surface area contributed by atoms with E-state index in [2.05, 4.69) is 23.4 Å². The second-order valence-electron chi connectivity index (χ2n) is 4.67. The first-order valence-corrected chi connectivity index (χ1v) is 6.18. The van der Waals surface area contributed by atoms with Gasteiger partial charge in [-0.1, -0.05) is 6.07 Å². The maximum atomic E-state index is 5.82. The van der Waals surface area contributed by atoms with Crippen molar-refractivity contribution >= 4 is 5.82 Å². The van der Waals surface area contributed by atoms with Gasteiger partial charge in [0.1, 0.15) is 5.82 Å². The first kappa shape index (κ1) is 11.4. The molecule has 1 aliphatic carbocycles. The number of aryl methyl sites for hydroxylation is 1. The van der Waals surface area contributed by atoms with Gasteiger partial charge >= 0.3 is 0 Å². The van der Waals surface area contributed by atoms with E-state index in [1.807, 2.05) is 6.07 Å². The van der Waals surface area contributed by atoms with Crippen molar-refractivity contribution in [1.82, 2.24) is 10.3 Å². The number of anilines is 1. The molecular formula is C13H21N3. The van der Waals surface area contributed by atoms with Crippen LogP contribution < -0.4 is 11.1 Å². The molecule has 0 saturated heterocycles. The fourth-order valence-electron chi connectivity index (χ4n) is 2.29. The van der Waals surface area contributed by atoms with Crippen LogP contribution in [0.5, 0.6) is 0 Å². The predicted octanol–water partition coefficient (Wildman–Crippen LogP) is 1.98. The lowest BCUT2D eigenvalue weighted by molar-refractivity contribution is 0.456. The van der Waals surface area contributed by atoms with Crippen molar-refractivity contribution in [3.8, 4) is 0 Å². The first-order chi connectivity index (χ1) is 7.81. The Labute approximate surface area is 97.5 Å². The summed E-state index contributed by atoms with van der Waals surface area (Å²) < 4.78 is 0. The predicted molar refractivity (Wildman–Crippen MR) is 67.2 cm³/mol. The molecule has 1 aliphatic rings. The number of hydrogen-bond donors (Lipinski definition) is 2. The number of nitrogens with one attached hydrogen (secondary N) is 1. The summed E-state index contributed by atoms with van der Waals surface area (Å²) >= 11 is 0. The number of nitrogen functional groups attached to an aromatic ring is 1. The van der Waals surface area contributed by atoms with Gasteiger partial charge in [0.25, 0.3) is 0 Å². The number of aromatic nitrogens is 1. The standard InChI is InChI=1S/C13H21N3/c1-15-12(10-7-8-10)6-2-4-11-5-3-9-16-13(11)14/h3,5,9-10,12,15H,2,4,6-8H2,1H3,(H2,14,16). The van der Waals surface area contributed by atoms with Crippen molar-refractivity contribution in [2.24, 2.45) is 5.92 Å². The third-order valence-corrected chi connectivity index (χ3v) is 3.45. The van der Waals surface area contributed by atoms with Gasteiger partial charge in [-0.15, -0.1) is 0 Å². The zero-order valence-electron chi connectivity index (χ0n) is 9.95. The van der Waals surface area contributed by atoms with Crippen LogP contribution >= 0.6 is 0 Å². The second-order valence-corrected chi connectivity index (χ2v) is 4.67. The van der Waals surface area contributed by atoms with Crippen LogP contribution in [-0.2, 0) is 6.42 Å². The molecule has 88 valence electrons. The van der Waals surface area contributed by atoms with E-state index in [0.717, 1.165) is 12.3 Å². The molecule has 1 heterocycles. The van der Waals surface area contributed by atoms with Gasteiger partial charge in [0, 0.05) is 12.2 Å². The van der Waals surface area contributed by atoms with Crippen LogP contribution in [0, 0.1) is 5.92 Å². The summed E-state index contributed by atoms with van der Waals surface area (Å²) in [6.45, 7) is 0. The van der Waals surface area contributed by atoms with E-state index in [-0.39, 0.29) is 0 Å². The Hall–Kier alpha value is -1.09. The molecule has 16 heavy (non-hydrogen) atoms. The Balaban J connectivity index is 1.77. The minimum absolute atomic E-state index is 0.690. The summed E-state index contributed by atoms with van der Waals surface area (Å²) in [7, 11) is 2.07. The van der Waals surface area contributed by atoms with Crippen molar-refractivity contribution in [3.05, 3.63) is 23.9 Å². The highest BCUT2D eigenvalue weighted by Gasteiger charge is 2.29. The van der Waals surface area contributed by atoms with Crippen molar-refractivity contribution in [3.63, 3.8) is 0 Å². The molecule has 1 atom stereocenters. The van der Waals surface area contributed by atoms with E-state index in [9.17, 15) is 0 Å². The van der Waals surface area contributed by atoms with Crippen molar-refractivity contribution in [2.45, 2.75) is 38.1 Å². The van der Waals surface area contributed by atoms with Crippen LogP contribution in [0.4, 0.5) is 5.82 Å². The number of nitrogens with two attached hydrogens (primary N) is 1. The van der Waals surface area contributed by atoms with Crippen LogP contribution in [0.2, 0.25) is 0 Å². The Kier molecular flexibility index (Phi) is 3.78. The summed E-state index contributed by atoms with van der Waals surface area (Å²) in [5, 5.41) is 3.42. The number of hydrogen-bond acceptors (Lipinski definition) is 3. The van der Waals surface area contributed by atoms with E-state index in [0.29, 0.717) is 11.9 Å². The quantitative estimate of drug-likeness (QED) is 0.769. The van der Waals surface area contributed by atoms with Gasteiger partial charge in [-0.25, -0.2) is 4.98 Å². The van der Waals surface area contributed by atoms with Gasteiger partial charge in [-0.2, -0.15) is 0 Å². The van der Waals surface area contributed by atoms with Crippen LogP contribution in [0.1, 0.15) is 31.2 Å². The Bertz CT molecular complexity index is 334. The van der Waals surface area contributed by atoms with Crippen molar-refractivity contribution in [1.29, 1.82) is 0 Å². The van der Waals surface area contributed by atoms with E-state index >= 15 is 0 Å². The molecule has 1 aromatic rings. The van der Waals surface area contributed by atoms with Gasteiger partial charge in [-0.3, -0.25) is 0 Å². The average Bonchev–Trinajstić information content (AvgIpc) is 3.11. The number of nitrogens with zero attached hydrogens (tertiary/aromatic N) is 1. The normalized spacial score (nSPS) is 17.3. The molecule has 3 heteroatoms. The van der Waals surface area contributed by atoms with Crippen LogP contribution in [0.25, 0.3) is 0 Å². The molecule has 1 unspecified atom stereocenters. The maximum absolute atomic E-state index is 5.82. The molecule has 1 aromatic heterocycles. The molecule has 0 radical (unpaired) electrons. The van der Waals surface area contributed by atoms with Crippen molar-refractivity contribution in [2.75, 3.05) is 12.8 Å². The minimum atomic E-state index is 0.690.